The summed E-state index contributed by atoms with van der Waals surface area (Å²) in [6.45, 7) is 2.07. The molecule has 5 nitrogen and oxygen atoms in total. The van der Waals surface area contributed by atoms with Crippen LogP contribution in [0, 0.1) is 12.3 Å². The largest absolute Gasteiger partial charge is 0.481 e. The maximum atomic E-state index is 12.2. The van der Waals surface area contributed by atoms with Crippen LogP contribution in [0.4, 0.5) is 10.5 Å². The molecule has 2 N–H and O–H groups in total. The van der Waals surface area contributed by atoms with Gasteiger partial charge in [-0.3, -0.25) is 9.69 Å². The number of fused-ring (bicyclic) bond motifs is 1. The Hall–Kier alpha value is -2.48. The number of aliphatic carboxylic acids is 1. The van der Waals surface area contributed by atoms with E-state index < -0.39 is 11.9 Å². The van der Waals surface area contributed by atoms with Crippen molar-refractivity contribution in [3.63, 3.8) is 0 Å². The Balaban J connectivity index is 2.30. The monoisotopic (exact) mass is 272 g/mol. The molecule has 1 aliphatic rings. The van der Waals surface area contributed by atoms with Gasteiger partial charge in [0.05, 0.1) is 12.0 Å². The number of urea groups is 1. The van der Waals surface area contributed by atoms with Gasteiger partial charge < -0.3 is 10.4 Å². The van der Waals surface area contributed by atoms with Crippen LogP contribution in [0.5, 0.6) is 0 Å². The lowest BCUT2D eigenvalue weighted by Gasteiger charge is -2.33. The zero-order chi connectivity index (χ0) is 14.7. The Kier molecular flexibility index (Phi) is 3.94. The highest BCUT2D eigenvalue weighted by molar-refractivity contribution is 5.95. The molecule has 1 aromatic rings. The average Bonchev–Trinajstić information content (AvgIpc) is 2.45. The fourth-order valence-corrected chi connectivity index (χ4v) is 2.33. The highest BCUT2D eigenvalue weighted by atomic mass is 16.4. The van der Waals surface area contributed by atoms with Gasteiger partial charge >= 0.3 is 12.0 Å². The first-order chi connectivity index (χ1) is 9.54. The lowest BCUT2D eigenvalue weighted by atomic mass is 9.90. The van der Waals surface area contributed by atoms with E-state index in [2.05, 4.69) is 11.2 Å². The molecule has 2 amide bonds. The minimum absolute atomic E-state index is 0.299. The Morgan fingerprint density at radius 3 is 2.85 bits per heavy atom. The number of benzene rings is 1. The minimum atomic E-state index is -0.866. The number of hydrogen-bond donors (Lipinski definition) is 2. The van der Waals surface area contributed by atoms with Gasteiger partial charge in [0.1, 0.15) is 0 Å². The molecule has 0 saturated heterocycles. The zero-order valence-corrected chi connectivity index (χ0v) is 11.2. The average molecular weight is 272 g/mol. The number of carbonyl (C=O) groups excluding carboxylic acids is 1. The molecule has 0 spiro atoms. The molecule has 0 aliphatic carbocycles. The van der Waals surface area contributed by atoms with Crippen LogP contribution in [-0.2, 0) is 4.79 Å². The van der Waals surface area contributed by atoms with Gasteiger partial charge in [-0.2, -0.15) is 0 Å². The second-order valence-corrected chi connectivity index (χ2v) is 4.73. The lowest BCUT2D eigenvalue weighted by Crippen LogP contribution is -2.46. The first-order valence-corrected chi connectivity index (χ1v) is 6.40. The smallest absolute Gasteiger partial charge is 0.322 e. The van der Waals surface area contributed by atoms with E-state index in [9.17, 15) is 14.7 Å². The number of anilines is 1. The molecular formula is C15H16N2O3. The van der Waals surface area contributed by atoms with Crippen molar-refractivity contribution in [2.45, 2.75) is 25.3 Å². The van der Waals surface area contributed by atoms with Crippen molar-refractivity contribution in [1.82, 2.24) is 5.32 Å². The highest BCUT2D eigenvalue weighted by Crippen LogP contribution is 2.35. The number of terminal acetylenes is 1. The number of nitrogens with one attached hydrogen (secondary N) is 1. The van der Waals surface area contributed by atoms with Gasteiger partial charge in [-0.25, -0.2) is 4.79 Å². The molecule has 0 aromatic heterocycles. The maximum absolute atomic E-state index is 12.2. The summed E-state index contributed by atoms with van der Waals surface area (Å²) in [5.74, 6) is 0.998. The van der Waals surface area contributed by atoms with E-state index in [1.54, 1.807) is 36.1 Å². The quantitative estimate of drug-likeness (QED) is 0.806. The summed E-state index contributed by atoms with van der Waals surface area (Å²) in [5, 5.41) is 11.9. The molecule has 0 fully saturated rings. The van der Waals surface area contributed by atoms with Gasteiger partial charge in [-0.15, -0.1) is 6.42 Å². The molecule has 0 saturated carbocycles. The van der Waals surface area contributed by atoms with Crippen molar-refractivity contribution in [1.29, 1.82) is 0 Å². The van der Waals surface area contributed by atoms with Gasteiger partial charge in [0.2, 0.25) is 0 Å². The third kappa shape index (κ3) is 2.59. The summed E-state index contributed by atoms with van der Waals surface area (Å²) in [6.07, 6.45) is 5.64. The molecule has 0 radical (unpaired) electrons. The number of carboxylic acid groups (broad SMARTS) is 1. The molecule has 5 heteroatoms. The van der Waals surface area contributed by atoms with Crippen molar-refractivity contribution in [3.05, 3.63) is 29.8 Å². The number of carboxylic acids is 1. The van der Waals surface area contributed by atoms with Crippen LogP contribution in [0.2, 0.25) is 0 Å². The fraction of sp³-hybridized carbons (Fsp3) is 0.333. The van der Waals surface area contributed by atoms with E-state index in [-0.39, 0.29) is 12.1 Å². The topological polar surface area (TPSA) is 69.6 Å². The summed E-state index contributed by atoms with van der Waals surface area (Å²) in [5.41, 5.74) is 1.29. The van der Waals surface area contributed by atoms with E-state index in [1.165, 1.54) is 0 Å². The predicted octanol–water partition coefficient (Wildman–Crippen LogP) is 1.80. The van der Waals surface area contributed by atoms with Crippen molar-refractivity contribution in [2.24, 2.45) is 0 Å². The molecule has 2 atom stereocenters. The summed E-state index contributed by atoms with van der Waals surface area (Å²) in [7, 11) is 0. The first kappa shape index (κ1) is 13.9. The van der Waals surface area contributed by atoms with Gasteiger partial charge in [-0.1, -0.05) is 24.1 Å². The number of carbonyl (C=O) groups is 2. The molecule has 0 bridgehead atoms. The highest BCUT2D eigenvalue weighted by Gasteiger charge is 2.32. The molecule has 20 heavy (non-hydrogen) atoms. The van der Waals surface area contributed by atoms with Crippen molar-refractivity contribution >= 4 is 17.7 Å². The second kappa shape index (κ2) is 5.66. The zero-order valence-electron chi connectivity index (χ0n) is 11.2. The molecule has 2 unspecified atom stereocenters. The summed E-state index contributed by atoms with van der Waals surface area (Å²) in [6, 6.07) is 6.40. The van der Waals surface area contributed by atoms with Crippen LogP contribution >= 0.6 is 0 Å². The third-order valence-electron chi connectivity index (χ3n) is 3.38. The van der Waals surface area contributed by atoms with E-state index in [0.717, 1.165) is 0 Å². The second-order valence-electron chi connectivity index (χ2n) is 4.73. The Morgan fingerprint density at radius 1 is 1.50 bits per heavy atom. The summed E-state index contributed by atoms with van der Waals surface area (Å²) >= 11 is 0. The van der Waals surface area contributed by atoms with E-state index >= 15 is 0 Å². The van der Waals surface area contributed by atoms with Gasteiger partial charge in [-0.05, 0) is 25.0 Å². The first-order valence-electron chi connectivity index (χ1n) is 6.40. The summed E-state index contributed by atoms with van der Waals surface area (Å²) < 4.78 is 0. The van der Waals surface area contributed by atoms with Gasteiger partial charge in [0.15, 0.2) is 0 Å². The molecular weight excluding hydrogens is 256 g/mol. The van der Waals surface area contributed by atoms with Crippen LogP contribution < -0.4 is 10.2 Å². The van der Waals surface area contributed by atoms with Gasteiger partial charge in [0, 0.05) is 12.2 Å². The SMILES string of the molecule is C#CC(C)NC(=O)N1CCC(C(=O)O)c2ccccc21. The molecule has 1 aromatic carbocycles. The van der Waals surface area contributed by atoms with Gasteiger partial charge in [0.25, 0.3) is 0 Å². The van der Waals surface area contributed by atoms with Crippen molar-refractivity contribution < 1.29 is 14.7 Å². The number of amides is 2. The van der Waals surface area contributed by atoms with Crippen molar-refractivity contribution in [2.75, 3.05) is 11.4 Å². The molecule has 1 heterocycles. The number of para-hydroxylation sites is 1. The number of nitrogens with zero attached hydrogens (tertiary/aromatic N) is 1. The fourth-order valence-electron chi connectivity index (χ4n) is 2.33. The minimum Gasteiger partial charge on any atom is -0.481 e. The van der Waals surface area contributed by atoms with Crippen LogP contribution in [0.3, 0.4) is 0 Å². The Labute approximate surface area is 117 Å². The molecule has 1 aliphatic heterocycles. The lowest BCUT2D eigenvalue weighted by molar-refractivity contribution is -0.139. The standard InChI is InChI=1S/C15H16N2O3/c1-3-10(2)16-15(20)17-9-8-12(14(18)19)11-6-4-5-7-13(11)17/h1,4-7,10,12H,8-9H2,2H3,(H,16,20)(H,18,19). The van der Waals surface area contributed by atoms with Crippen LogP contribution in [0.1, 0.15) is 24.8 Å². The number of rotatable bonds is 2. The van der Waals surface area contributed by atoms with E-state index in [4.69, 9.17) is 6.42 Å². The Bertz CT molecular complexity index is 577. The normalized spacial score (nSPS) is 18.6. The van der Waals surface area contributed by atoms with E-state index in [1.807, 2.05) is 0 Å². The third-order valence-corrected chi connectivity index (χ3v) is 3.38. The van der Waals surface area contributed by atoms with Crippen LogP contribution in [-0.4, -0.2) is 29.7 Å². The predicted molar refractivity (Wildman–Crippen MR) is 75.6 cm³/mol. The molecule has 2 rings (SSSR count). The van der Waals surface area contributed by atoms with Crippen molar-refractivity contribution in [3.8, 4) is 12.3 Å². The van der Waals surface area contributed by atoms with E-state index in [0.29, 0.717) is 24.2 Å². The number of hydrogen-bond acceptors (Lipinski definition) is 2. The summed E-state index contributed by atoms with van der Waals surface area (Å²) in [4.78, 5) is 25.0. The maximum Gasteiger partial charge on any atom is 0.322 e. The molecule has 104 valence electrons. The van der Waals surface area contributed by atoms with Crippen LogP contribution in [0.15, 0.2) is 24.3 Å². The Morgan fingerprint density at radius 2 is 2.20 bits per heavy atom. The van der Waals surface area contributed by atoms with Crippen LogP contribution in [0.25, 0.3) is 0 Å².